The molecule has 0 radical (unpaired) electrons. The van der Waals surface area contributed by atoms with E-state index >= 15 is 0 Å². The number of rotatable bonds is 4. The van der Waals surface area contributed by atoms with E-state index in [0.29, 0.717) is 18.4 Å². The average molecular weight is 188 g/mol. The topological polar surface area (TPSA) is 78.4 Å². The van der Waals surface area contributed by atoms with Crippen LogP contribution in [0.4, 0.5) is 0 Å². The van der Waals surface area contributed by atoms with E-state index in [2.05, 4.69) is 4.84 Å². The van der Waals surface area contributed by atoms with Gasteiger partial charge in [-0.05, 0) is 37.6 Å². The molecule has 5 nitrogen and oxygen atoms in total. The molecule has 5 heteroatoms. The second kappa shape index (κ2) is 5.01. The molecule has 2 unspecified atom stereocenters. The molecule has 1 aliphatic rings. The predicted molar refractivity (Wildman–Crippen MR) is 47.4 cm³/mol. The summed E-state index contributed by atoms with van der Waals surface area (Å²) in [4.78, 5) is 14.3. The number of nitrogens with zero attached hydrogens (tertiary/aromatic N) is 1. The SMILES string of the molecule is NCC1CCCC(CO[N+](=O)[O-])C1. The molecule has 0 saturated heterocycles. The zero-order valence-electron chi connectivity index (χ0n) is 7.65. The fourth-order valence-electron chi connectivity index (χ4n) is 1.93. The van der Waals surface area contributed by atoms with Gasteiger partial charge < -0.3 is 10.6 Å². The summed E-state index contributed by atoms with van der Waals surface area (Å²) in [6.45, 7) is 0.929. The van der Waals surface area contributed by atoms with Crippen molar-refractivity contribution in [3.05, 3.63) is 10.1 Å². The molecule has 1 aliphatic carbocycles. The van der Waals surface area contributed by atoms with Crippen molar-refractivity contribution in [1.29, 1.82) is 0 Å². The minimum Gasteiger partial charge on any atom is -0.330 e. The number of hydrogen-bond acceptors (Lipinski definition) is 4. The molecule has 2 atom stereocenters. The van der Waals surface area contributed by atoms with E-state index in [9.17, 15) is 10.1 Å². The van der Waals surface area contributed by atoms with Crippen LogP contribution in [0, 0.1) is 22.0 Å². The van der Waals surface area contributed by atoms with E-state index in [0.717, 1.165) is 25.7 Å². The molecule has 1 fully saturated rings. The maximum atomic E-state index is 9.95. The van der Waals surface area contributed by atoms with Gasteiger partial charge in [-0.1, -0.05) is 6.42 Å². The van der Waals surface area contributed by atoms with Crippen LogP contribution in [-0.2, 0) is 4.84 Å². The summed E-state index contributed by atoms with van der Waals surface area (Å²) in [7, 11) is 0. The van der Waals surface area contributed by atoms with Gasteiger partial charge in [-0.2, -0.15) is 0 Å². The molecule has 0 spiro atoms. The van der Waals surface area contributed by atoms with E-state index in [-0.39, 0.29) is 6.61 Å². The van der Waals surface area contributed by atoms with E-state index in [4.69, 9.17) is 5.73 Å². The van der Waals surface area contributed by atoms with Crippen LogP contribution in [0.5, 0.6) is 0 Å². The maximum absolute atomic E-state index is 9.95. The lowest BCUT2D eigenvalue weighted by molar-refractivity contribution is -0.759. The third kappa shape index (κ3) is 3.59. The first-order valence-corrected chi connectivity index (χ1v) is 4.69. The molecular weight excluding hydrogens is 172 g/mol. The van der Waals surface area contributed by atoms with Gasteiger partial charge in [0.1, 0.15) is 0 Å². The van der Waals surface area contributed by atoms with Gasteiger partial charge in [-0.15, -0.1) is 10.1 Å². The van der Waals surface area contributed by atoms with Gasteiger partial charge in [0.2, 0.25) is 0 Å². The zero-order valence-corrected chi connectivity index (χ0v) is 7.65. The summed E-state index contributed by atoms with van der Waals surface area (Å²) >= 11 is 0. The molecule has 2 N–H and O–H groups in total. The fourth-order valence-corrected chi connectivity index (χ4v) is 1.93. The Kier molecular flexibility index (Phi) is 3.95. The highest BCUT2D eigenvalue weighted by atomic mass is 16.9. The second-order valence-electron chi connectivity index (χ2n) is 3.65. The van der Waals surface area contributed by atoms with Crippen LogP contribution in [0.2, 0.25) is 0 Å². The van der Waals surface area contributed by atoms with Crippen LogP contribution in [0.25, 0.3) is 0 Å². The van der Waals surface area contributed by atoms with Crippen LogP contribution in [0.15, 0.2) is 0 Å². The van der Waals surface area contributed by atoms with Gasteiger partial charge in [0.15, 0.2) is 0 Å². The van der Waals surface area contributed by atoms with Gasteiger partial charge in [-0.25, -0.2) is 0 Å². The Morgan fingerprint density at radius 1 is 1.46 bits per heavy atom. The van der Waals surface area contributed by atoms with E-state index in [1.165, 1.54) is 0 Å². The normalized spacial score (nSPS) is 28.4. The smallest absolute Gasteiger partial charge is 0.294 e. The van der Waals surface area contributed by atoms with Crippen LogP contribution in [-0.4, -0.2) is 18.2 Å². The van der Waals surface area contributed by atoms with Crippen molar-refractivity contribution >= 4 is 0 Å². The molecule has 0 aliphatic heterocycles. The minimum absolute atomic E-state index is 0.240. The minimum atomic E-state index is -0.716. The van der Waals surface area contributed by atoms with Crippen molar-refractivity contribution in [2.75, 3.05) is 13.2 Å². The lowest BCUT2D eigenvalue weighted by atomic mass is 9.82. The molecule has 0 aromatic rings. The van der Waals surface area contributed by atoms with Gasteiger partial charge in [0.05, 0.1) is 6.61 Å². The van der Waals surface area contributed by atoms with Crippen LogP contribution in [0.1, 0.15) is 25.7 Å². The predicted octanol–water partition coefficient (Wildman–Crippen LogP) is 0.960. The van der Waals surface area contributed by atoms with Crippen molar-refractivity contribution in [2.45, 2.75) is 25.7 Å². The average Bonchev–Trinajstić information content (AvgIpc) is 2.15. The Hall–Kier alpha value is -0.840. The van der Waals surface area contributed by atoms with Crippen molar-refractivity contribution in [3.8, 4) is 0 Å². The standard InChI is InChI=1S/C8H16N2O3/c9-5-7-2-1-3-8(4-7)6-13-10(11)12/h7-8H,1-6,9H2. The Bertz CT molecular complexity index is 175. The lowest BCUT2D eigenvalue weighted by Gasteiger charge is -2.27. The molecule has 0 bridgehead atoms. The Morgan fingerprint density at radius 3 is 2.77 bits per heavy atom. The summed E-state index contributed by atoms with van der Waals surface area (Å²) in [6.07, 6.45) is 4.29. The Morgan fingerprint density at radius 2 is 2.15 bits per heavy atom. The second-order valence-corrected chi connectivity index (χ2v) is 3.65. The lowest BCUT2D eigenvalue weighted by Crippen LogP contribution is -2.25. The van der Waals surface area contributed by atoms with Crippen LogP contribution >= 0.6 is 0 Å². The first-order valence-electron chi connectivity index (χ1n) is 4.69. The van der Waals surface area contributed by atoms with Crippen molar-refractivity contribution < 1.29 is 9.92 Å². The summed E-state index contributed by atoms with van der Waals surface area (Å²) in [5.41, 5.74) is 5.55. The zero-order chi connectivity index (χ0) is 9.68. The molecular formula is C8H16N2O3. The number of hydrogen-bond donors (Lipinski definition) is 1. The first-order chi connectivity index (χ1) is 6.22. The van der Waals surface area contributed by atoms with Gasteiger partial charge in [0.25, 0.3) is 5.09 Å². The fraction of sp³-hybridized carbons (Fsp3) is 1.00. The highest BCUT2D eigenvalue weighted by molar-refractivity contribution is 4.72. The quantitative estimate of drug-likeness (QED) is 0.526. The molecule has 0 aromatic carbocycles. The molecule has 0 aromatic heterocycles. The molecule has 1 rings (SSSR count). The van der Waals surface area contributed by atoms with Crippen LogP contribution in [0.3, 0.4) is 0 Å². The van der Waals surface area contributed by atoms with Crippen molar-refractivity contribution in [3.63, 3.8) is 0 Å². The monoisotopic (exact) mass is 188 g/mol. The highest BCUT2D eigenvalue weighted by Crippen LogP contribution is 2.28. The maximum Gasteiger partial charge on any atom is 0.294 e. The molecule has 13 heavy (non-hydrogen) atoms. The third-order valence-corrected chi connectivity index (χ3v) is 2.64. The molecule has 0 heterocycles. The molecule has 1 saturated carbocycles. The van der Waals surface area contributed by atoms with Crippen molar-refractivity contribution in [1.82, 2.24) is 0 Å². The van der Waals surface area contributed by atoms with Gasteiger partial charge in [-0.3, -0.25) is 0 Å². The van der Waals surface area contributed by atoms with E-state index in [1.807, 2.05) is 0 Å². The largest absolute Gasteiger partial charge is 0.330 e. The van der Waals surface area contributed by atoms with E-state index < -0.39 is 5.09 Å². The van der Waals surface area contributed by atoms with Crippen LogP contribution < -0.4 is 5.73 Å². The summed E-state index contributed by atoms with van der Waals surface area (Å²) in [6, 6.07) is 0. The summed E-state index contributed by atoms with van der Waals surface area (Å²) < 4.78 is 0. The Labute approximate surface area is 77.3 Å². The van der Waals surface area contributed by atoms with Crippen molar-refractivity contribution in [2.24, 2.45) is 17.6 Å². The summed E-state index contributed by atoms with van der Waals surface area (Å²) in [5.74, 6) is 0.863. The molecule has 0 amide bonds. The third-order valence-electron chi connectivity index (χ3n) is 2.64. The Balaban J connectivity index is 2.21. The highest BCUT2D eigenvalue weighted by Gasteiger charge is 2.21. The van der Waals surface area contributed by atoms with E-state index in [1.54, 1.807) is 0 Å². The first kappa shape index (κ1) is 10.2. The van der Waals surface area contributed by atoms with Gasteiger partial charge in [0, 0.05) is 0 Å². The molecule has 76 valence electrons. The summed E-state index contributed by atoms with van der Waals surface area (Å²) in [5, 5.41) is 9.24. The van der Waals surface area contributed by atoms with Gasteiger partial charge >= 0.3 is 0 Å². The number of nitrogens with two attached hydrogens (primary N) is 1.